The second-order valence-electron chi connectivity index (χ2n) is 6.63. The molecule has 31 heavy (non-hydrogen) atoms. The molecule has 10 nitrogen and oxygen atoms in total. The Morgan fingerprint density at radius 1 is 1.26 bits per heavy atom. The smallest absolute Gasteiger partial charge is 0.394 e. The summed E-state index contributed by atoms with van der Waals surface area (Å²) in [6, 6.07) is 3.75. The third-order valence-corrected chi connectivity index (χ3v) is 5.46. The van der Waals surface area contributed by atoms with Crippen LogP contribution in [0.4, 0.5) is 19.0 Å². The van der Waals surface area contributed by atoms with Gasteiger partial charge in [-0.05, 0) is 30.5 Å². The Bertz CT molecular complexity index is 1170. The summed E-state index contributed by atoms with van der Waals surface area (Å²) in [6.07, 6.45) is -1.28. The minimum atomic E-state index is -4.57. The van der Waals surface area contributed by atoms with Gasteiger partial charge in [-0.3, -0.25) is 0 Å². The third kappa shape index (κ3) is 5.15. The number of benzene rings is 1. The minimum absolute atomic E-state index is 0.0100. The van der Waals surface area contributed by atoms with Gasteiger partial charge >= 0.3 is 6.18 Å². The van der Waals surface area contributed by atoms with Gasteiger partial charge in [-0.1, -0.05) is 6.07 Å². The highest BCUT2D eigenvalue weighted by Crippen LogP contribution is 2.32. The van der Waals surface area contributed by atoms with Crippen molar-refractivity contribution in [1.29, 1.82) is 0 Å². The third-order valence-electron chi connectivity index (χ3n) is 4.55. The number of alkyl halides is 3. The molecule has 0 aliphatic heterocycles. The lowest BCUT2D eigenvalue weighted by atomic mass is 9.95. The summed E-state index contributed by atoms with van der Waals surface area (Å²) in [5, 5.41) is 18.2. The van der Waals surface area contributed by atoms with Crippen molar-refractivity contribution in [3.63, 3.8) is 0 Å². The molecule has 1 atom stereocenters. The Morgan fingerprint density at radius 2 is 2.00 bits per heavy atom. The Labute approximate surface area is 174 Å². The van der Waals surface area contributed by atoms with Gasteiger partial charge in [0, 0.05) is 5.56 Å². The lowest BCUT2D eigenvalue weighted by Gasteiger charge is -2.19. The second kappa shape index (κ2) is 8.56. The average Bonchev–Trinajstić information content (AvgIpc) is 3.22. The molecule has 1 unspecified atom stereocenters. The molecule has 0 fully saturated rings. The maximum absolute atomic E-state index is 13.0. The topological polar surface area (TPSA) is 163 Å². The van der Waals surface area contributed by atoms with E-state index < -0.39 is 35.1 Å². The van der Waals surface area contributed by atoms with E-state index in [0.29, 0.717) is 5.56 Å². The maximum Gasteiger partial charge on any atom is 0.394 e. The largest absolute Gasteiger partial charge is 0.396 e. The second-order valence-corrected chi connectivity index (χ2v) is 8.19. The monoisotopic (exact) mass is 457 g/mol. The van der Waals surface area contributed by atoms with Crippen molar-refractivity contribution in [3.05, 3.63) is 42.6 Å². The number of nitrogens with zero attached hydrogens (tertiary/aromatic N) is 5. The number of hydrogen-bond donors (Lipinski definition) is 3. The van der Waals surface area contributed by atoms with Crippen LogP contribution in [0.2, 0.25) is 0 Å². The van der Waals surface area contributed by atoms with E-state index in [1.165, 1.54) is 41.7 Å². The van der Waals surface area contributed by atoms with Crippen molar-refractivity contribution in [2.24, 2.45) is 11.1 Å². The van der Waals surface area contributed by atoms with Crippen LogP contribution in [0.3, 0.4) is 0 Å². The summed E-state index contributed by atoms with van der Waals surface area (Å²) in [4.78, 5) is 11.9. The predicted molar refractivity (Wildman–Crippen MR) is 103 cm³/mol. The number of aliphatic hydroxyl groups is 1. The van der Waals surface area contributed by atoms with E-state index in [1.54, 1.807) is 0 Å². The number of sulfonamides is 1. The number of aryl methyl sites for hydroxylation is 1. The molecule has 3 rings (SSSR count). The van der Waals surface area contributed by atoms with E-state index >= 15 is 0 Å². The van der Waals surface area contributed by atoms with E-state index in [2.05, 4.69) is 20.1 Å². The molecule has 1 aromatic carbocycles. The van der Waals surface area contributed by atoms with Crippen molar-refractivity contribution >= 4 is 15.8 Å². The molecule has 5 N–H and O–H groups in total. The predicted octanol–water partition coefficient (Wildman–Crippen LogP) is 1.06. The van der Waals surface area contributed by atoms with E-state index in [4.69, 9.17) is 16.0 Å². The van der Waals surface area contributed by atoms with Crippen molar-refractivity contribution in [2.75, 3.05) is 12.3 Å². The molecule has 0 aliphatic rings. The molecule has 2 heterocycles. The number of hydrogen-bond acceptors (Lipinski definition) is 8. The van der Waals surface area contributed by atoms with E-state index in [9.17, 15) is 21.6 Å². The number of aliphatic hydroxyl groups excluding tert-OH is 1. The van der Waals surface area contributed by atoms with Gasteiger partial charge in [0.15, 0.2) is 11.6 Å². The lowest BCUT2D eigenvalue weighted by Crippen LogP contribution is -2.26. The van der Waals surface area contributed by atoms with Gasteiger partial charge in [0.1, 0.15) is 12.7 Å². The van der Waals surface area contributed by atoms with Crippen molar-refractivity contribution in [1.82, 2.24) is 24.7 Å². The standard InChI is InChI=1S/C17H18F3N7O3S/c18-17(19,20)11(7-28)3-1-10-2-4-12(31(22,29)30)5-13(10)14-6-24-15(21)16(26-14)27-9-23-8-25-27/h2,4-6,8-9,11,28H,1,3,7H2,(H2,21,24)(H2,22,29,30). The average molecular weight is 457 g/mol. The SMILES string of the molecule is Nc1ncc(-c2cc(S(N)(=O)=O)ccc2CCC(CO)C(F)(F)F)nc1-n1cncn1. The van der Waals surface area contributed by atoms with Crippen molar-refractivity contribution in [2.45, 2.75) is 23.9 Å². The molecule has 14 heteroatoms. The minimum Gasteiger partial charge on any atom is -0.396 e. The first-order valence-electron chi connectivity index (χ1n) is 8.82. The highest BCUT2D eigenvalue weighted by Gasteiger charge is 2.38. The zero-order valence-electron chi connectivity index (χ0n) is 15.9. The lowest BCUT2D eigenvalue weighted by molar-refractivity contribution is -0.185. The molecule has 0 bridgehead atoms. The summed E-state index contributed by atoms with van der Waals surface area (Å²) in [6.45, 7) is -1.06. The van der Waals surface area contributed by atoms with Gasteiger partial charge in [0.05, 0.1) is 29.3 Å². The normalized spacial score (nSPS) is 13.3. The number of aromatic nitrogens is 5. The molecule has 2 aromatic heterocycles. The van der Waals surface area contributed by atoms with Crippen LogP contribution in [-0.2, 0) is 16.4 Å². The molecule has 0 saturated carbocycles. The van der Waals surface area contributed by atoms with Crippen LogP contribution in [0.15, 0.2) is 41.9 Å². The van der Waals surface area contributed by atoms with Crippen LogP contribution in [0.25, 0.3) is 17.1 Å². The molecule has 3 aromatic rings. The summed E-state index contributed by atoms with van der Waals surface area (Å²) in [5.41, 5.74) is 6.54. The molecular formula is C17H18F3N7O3S. The molecule has 0 saturated heterocycles. The van der Waals surface area contributed by atoms with Gasteiger partial charge in [-0.15, -0.1) is 0 Å². The highest BCUT2D eigenvalue weighted by molar-refractivity contribution is 7.89. The molecular weight excluding hydrogens is 439 g/mol. The summed E-state index contributed by atoms with van der Waals surface area (Å²) >= 11 is 0. The fourth-order valence-corrected chi connectivity index (χ4v) is 3.42. The van der Waals surface area contributed by atoms with Crippen LogP contribution in [0.1, 0.15) is 12.0 Å². The van der Waals surface area contributed by atoms with Gasteiger partial charge in [-0.2, -0.15) is 23.0 Å². The highest BCUT2D eigenvalue weighted by atomic mass is 32.2. The quantitative estimate of drug-likeness (QED) is 0.474. The van der Waals surface area contributed by atoms with Crippen molar-refractivity contribution < 1.29 is 26.7 Å². The fourth-order valence-electron chi connectivity index (χ4n) is 2.88. The first-order valence-corrected chi connectivity index (χ1v) is 10.4. The molecule has 0 spiro atoms. The zero-order chi connectivity index (χ0) is 22.8. The number of rotatable bonds is 7. The Morgan fingerprint density at radius 3 is 2.58 bits per heavy atom. The van der Waals surface area contributed by atoms with Gasteiger partial charge in [0.25, 0.3) is 0 Å². The molecule has 0 aliphatic carbocycles. The summed E-state index contributed by atoms with van der Waals surface area (Å²) in [7, 11) is -4.09. The Balaban J connectivity index is 2.08. The van der Waals surface area contributed by atoms with E-state index in [0.717, 1.165) is 0 Å². The van der Waals surface area contributed by atoms with Crippen LogP contribution < -0.4 is 10.9 Å². The zero-order valence-corrected chi connectivity index (χ0v) is 16.7. The Kier molecular flexibility index (Phi) is 6.24. The molecule has 0 radical (unpaired) electrons. The van der Waals surface area contributed by atoms with Crippen LogP contribution >= 0.6 is 0 Å². The number of primary sulfonamides is 1. The number of nitrogens with two attached hydrogens (primary N) is 2. The molecule has 166 valence electrons. The number of halogens is 3. The van der Waals surface area contributed by atoms with Gasteiger partial charge < -0.3 is 10.8 Å². The summed E-state index contributed by atoms with van der Waals surface area (Å²) < 4.78 is 63.9. The van der Waals surface area contributed by atoms with Gasteiger partial charge in [-0.25, -0.2) is 28.5 Å². The first kappa shape index (κ1) is 22.6. The van der Waals surface area contributed by atoms with Crippen LogP contribution in [0, 0.1) is 5.92 Å². The van der Waals surface area contributed by atoms with Crippen molar-refractivity contribution in [3.8, 4) is 17.1 Å². The number of nitrogen functional groups attached to an aromatic ring is 1. The fraction of sp³-hybridized carbons (Fsp3) is 0.294. The van der Waals surface area contributed by atoms with E-state index in [1.807, 2.05) is 0 Å². The van der Waals surface area contributed by atoms with Crippen LogP contribution in [-0.4, -0.2) is 51.0 Å². The van der Waals surface area contributed by atoms with Gasteiger partial charge in [0.2, 0.25) is 10.0 Å². The maximum atomic E-state index is 13.0. The summed E-state index contributed by atoms with van der Waals surface area (Å²) in [5.74, 6) is -1.82. The molecule has 0 amide bonds. The van der Waals surface area contributed by atoms with Crippen LogP contribution in [0.5, 0.6) is 0 Å². The van der Waals surface area contributed by atoms with E-state index in [-0.39, 0.29) is 34.2 Å². The Hall–Kier alpha value is -3.10. The first-order chi connectivity index (χ1) is 14.5. The number of anilines is 1.